The average molecular weight is 512 g/mol. The van der Waals surface area contributed by atoms with Gasteiger partial charge in [0.05, 0.1) is 12.2 Å². The van der Waals surface area contributed by atoms with E-state index in [-0.39, 0.29) is 30.2 Å². The van der Waals surface area contributed by atoms with E-state index in [1.165, 1.54) is 58.0 Å². The van der Waals surface area contributed by atoms with E-state index in [0.29, 0.717) is 24.6 Å². The number of ether oxygens (including phenoxy) is 2. The summed E-state index contributed by atoms with van der Waals surface area (Å²) in [6.45, 7) is 2.92. The number of carbonyl (C=O) groups excluding carboxylic acids is 3. The van der Waals surface area contributed by atoms with Crippen LogP contribution in [0, 0.1) is 11.8 Å². The standard InChI is InChI=1S/C19H22N2O4.C10H19NO/c22-17-9-8-16(18(23)20-17)21-11-12-10-14(6-7-15(12)19(21)24)25-13-4-2-1-3-5-13;1-12-10-4-2-8(3-5-10)9-6-11-7-9/h6-7,10,13,16H,1-5,8-9,11H2,(H,20,22,23);8-11H,2-7H2,1H3. The topological polar surface area (TPSA) is 97.0 Å². The number of rotatable bonds is 5. The summed E-state index contributed by atoms with van der Waals surface area (Å²) in [5.74, 6) is 1.99. The van der Waals surface area contributed by atoms with E-state index in [0.717, 1.165) is 36.0 Å². The zero-order chi connectivity index (χ0) is 25.8. The van der Waals surface area contributed by atoms with Gasteiger partial charge in [0.2, 0.25) is 11.8 Å². The Morgan fingerprint density at radius 1 is 0.865 bits per heavy atom. The van der Waals surface area contributed by atoms with Crippen LogP contribution in [0.2, 0.25) is 0 Å². The van der Waals surface area contributed by atoms with Crippen LogP contribution >= 0.6 is 0 Å². The Morgan fingerprint density at radius 3 is 2.27 bits per heavy atom. The van der Waals surface area contributed by atoms with Crippen molar-refractivity contribution in [1.82, 2.24) is 15.5 Å². The third-order valence-corrected chi connectivity index (χ3v) is 8.88. The largest absolute Gasteiger partial charge is 0.490 e. The molecule has 0 aromatic heterocycles. The molecule has 1 atom stereocenters. The molecule has 8 nitrogen and oxygen atoms in total. The predicted octanol–water partition coefficient (Wildman–Crippen LogP) is 3.57. The van der Waals surface area contributed by atoms with Crippen LogP contribution in [0.25, 0.3) is 0 Å². The summed E-state index contributed by atoms with van der Waals surface area (Å²) in [5, 5.41) is 5.68. The van der Waals surface area contributed by atoms with Crippen molar-refractivity contribution in [2.45, 2.75) is 95.4 Å². The predicted molar refractivity (Wildman–Crippen MR) is 139 cm³/mol. The Labute approximate surface area is 219 Å². The first kappa shape index (κ1) is 26.2. The molecule has 2 saturated carbocycles. The molecule has 0 bridgehead atoms. The lowest BCUT2D eigenvalue weighted by Crippen LogP contribution is -2.52. The van der Waals surface area contributed by atoms with Crippen LogP contribution in [0.5, 0.6) is 5.75 Å². The van der Waals surface area contributed by atoms with Crippen molar-refractivity contribution < 1.29 is 23.9 Å². The molecule has 1 unspecified atom stereocenters. The van der Waals surface area contributed by atoms with Gasteiger partial charge in [-0.3, -0.25) is 19.7 Å². The minimum absolute atomic E-state index is 0.145. The molecular formula is C29H41N3O5. The number of amides is 3. The molecule has 8 heteroatoms. The highest BCUT2D eigenvalue weighted by atomic mass is 16.5. The third-order valence-electron chi connectivity index (χ3n) is 8.88. The smallest absolute Gasteiger partial charge is 0.255 e. The fourth-order valence-electron chi connectivity index (χ4n) is 6.44. The van der Waals surface area contributed by atoms with Gasteiger partial charge in [0.15, 0.2) is 0 Å². The van der Waals surface area contributed by atoms with Crippen molar-refractivity contribution in [3.8, 4) is 5.75 Å². The zero-order valence-electron chi connectivity index (χ0n) is 22.0. The van der Waals surface area contributed by atoms with Gasteiger partial charge in [0, 0.05) is 25.6 Å². The Kier molecular flexibility index (Phi) is 8.45. The van der Waals surface area contributed by atoms with E-state index in [2.05, 4.69) is 10.6 Å². The van der Waals surface area contributed by atoms with E-state index >= 15 is 0 Å². The monoisotopic (exact) mass is 511 g/mol. The average Bonchev–Trinajstić information content (AvgIpc) is 3.20. The van der Waals surface area contributed by atoms with Gasteiger partial charge in [-0.05, 0) is 106 Å². The molecule has 2 saturated heterocycles. The molecule has 3 amide bonds. The van der Waals surface area contributed by atoms with E-state index in [9.17, 15) is 14.4 Å². The molecule has 1 aromatic carbocycles. The van der Waals surface area contributed by atoms with Gasteiger partial charge in [0.1, 0.15) is 11.8 Å². The number of nitrogens with one attached hydrogen (secondary N) is 2. The molecule has 3 aliphatic heterocycles. The molecular weight excluding hydrogens is 470 g/mol. The number of piperidine rings is 1. The van der Waals surface area contributed by atoms with Gasteiger partial charge in [0.25, 0.3) is 5.91 Å². The molecule has 37 heavy (non-hydrogen) atoms. The molecule has 1 aromatic rings. The summed E-state index contributed by atoms with van der Waals surface area (Å²) in [7, 11) is 1.84. The quantitative estimate of drug-likeness (QED) is 0.587. The van der Waals surface area contributed by atoms with Crippen molar-refractivity contribution >= 4 is 17.7 Å². The number of carbonyl (C=O) groups is 3. The van der Waals surface area contributed by atoms with Crippen molar-refractivity contribution in [2.24, 2.45) is 11.8 Å². The second-order valence-electron chi connectivity index (χ2n) is 11.3. The number of hydrogen-bond acceptors (Lipinski definition) is 6. The SMILES string of the molecule is COC1CCC(C2CNC2)CC1.O=C1CCC(N2Cc3cc(OC4CCCCC4)ccc3C2=O)C(=O)N1. The van der Waals surface area contributed by atoms with Crippen LogP contribution < -0.4 is 15.4 Å². The van der Waals surface area contributed by atoms with E-state index in [4.69, 9.17) is 9.47 Å². The number of imide groups is 1. The molecule has 5 aliphatic rings. The molecule has 2 aliphatic carbocycles. The van der Waals surface area contributed by atoms with E-state index in [1.807, 2.05) is 19.2 Å². The molecule has 3 heterocycles. The second kappa shape index (κ2) is 11.9. The Hall–Kier alpha value is -2.45. The lowest BCUT2D eigenvalue weighted by molar-refractivity contribution is -0.136. The normalized spacial score (nSPS) is 28.6. The molecule has 6 rings (SSSR count). The van der Waals surface area contributed by atoms with Gasteiger partial charge in [-0.1, -0.05) is 6.42 Å². The highest BCUT2D eigenvalue weighted by Crippen LogP contribution is 2.33. The van der Waals surface area contributed by atoms with Crippen molar-refractivity contribution in [2.75, 3.05) is 20.2 Å². The molecule has 4 fully saturated rings. The van der Waals surface area contributed by atoms with Gasteiger partial charge < -0.3 is 19.7 Å². The van der Waals surface area contributed by atoms with Crippen LogP contribution in [0.4, 0.5) is 0 Å². The Morgan fingerprint density at radius 2 is 1.62 bits per heavy atom. The highest BCUT2D eigenvalue weighted by molar-refractivity contribution is 6.05. The number of hydrogen-bond donors (Lipinski definition) is 2. The van der Waals surface area contributed by atoms with Gasteiger partial charge in [-0.25, -0.2) is 0 Å². The molecule has 2 N–H and O–H groups in total. The summed E-state index contributed by atoms with van der Waals surface area (Å²) < 4.78 is 11.4. The number of nitrogens with zero attached hydrogens (tertiary/aromatic N) is 1. The Bertz CT molecular complexity index is 980. The van der Waals surface area contributed by atoms with Gasteiger partial charge in [-0.15, -0.1) is 0 Å². The first-order valence-electron chi connectivity index (χ1n) is 14.2. The third kappa shape index (κ3) is 6.17. The van der Waals surface area contributed by atoms with Crippen LogP contribution in [-0.2, 0) is 20.9 Å². The van der Waals surface area contributed by atoms with Gasteiger partial charge in [-0.2, -0.15) is 0 Å². The summed E-state index contributed by atoms with van der Waals surface area (Å²) in [4.78, 5) is 37.6. The van der Waals surface area contributed by atoms with Crippen molar-refractivity contribution in [3.63, 3.8) is 0 Å². The maximum absolute atomic E-state index is 12.6. The molecule has 0 radical (unpaired) electrons. The second-order valence-corrected chi connectivity index (χ2v) is 11.3. The fraction of sp³-hybridized carbons (Fsp3) is 0.690. The minimum atomic E-state index is -0.569. The first-order valence-corrected chi connectivity index (χ1v) is 14.2. The van der Waals surface area contributed by atoms with E-state index in [1.54, 1.807) is 11.0 Å². The number of benzene rings is 1. The Balaban J connectivity index is 0.000000195. The maximum atomic E-state index is 12.6. The first-order chi connectivity index (χ1) is 18.0. The van der Waals surface area contributed by atoms with Crippen molar-refractivity contribution in [3.05, 3.63) is 29.3 Å². The highest BCUT2D eigenvalue weighted by Gasteiger charge is 2.39. The van der Waals surface area contributed by atoms with E-state index < -0.39 is 6.04 Å². The lowest BCUT2D eigenvalue weighted by atomic mass is 9.76. The van der Waals surface area contributed by atoms with Crippen LogP contribution in [0.15, 0.2) is 18.2 Å². The van der Waals surface area contributed by atoms with Gasteiger partial charge >= 0.3 is 0 Å². The minimum Gasteiger partial charge on any atom is -0.490 e. The summed E-state index contributed by atoms with van der Waals surface area (Å²) in [5.41, 5.74) is 1.52. The maximum Gasteiger partial charge on any atom is 0.255 e. The molecule has 202 valence electrons. The summed E-state index contributed by atoms with van der Waals surface area (Å²) in [6, 6.07) is 5.00. The van der Waals surface area contributed by atoms with Crippen LogP contribution in [-0.4, -0.2) is 61.1 Å². The van der Waals surface area contributed by atoms with Crippen LogP contribution in [0.1, 0.15) is 86.6 Å². The van der Waals surface area contributed by atoms with Crippen LogP contribution in [0.3, 0.4) is 0 Å². The zero-order valence-corrected chi connectivity index (χ0v) is 22.0. The summed E-state index contributed by atoms with van der Waals surface area (Å²) >= 11 is 0. The molecule has 0 spiro atoms. The fourth-order valence-corrected chi connectivity index (χ4v) is 6.44. The number of fused-ring (bicyclic) bond motifs is 1. The summed E-state index contributed by atoms with van der Waals surface area (Å²) in [6.07, 6.45) is 12.7. The number of methoxy groups -OCH3 is 1. The lowest BCUT2D eigenvalue weighted by Gasteiger charge is -2.38. The van der Waals surface area contributed by atoms with Crippen molar-refractivity contribution in [1.29, 1.82) is 0 Å².